The van der Waals surface area contributed by atoms with Crippen LogP contribution in [0.2, 0.25) is 0 Å². The molecule has 2 aromatic carbocycles. The van der Waals surface area contributed by atoms with Crippen LogP contribution in [0.15, 0.2) is 41.8 Å². The number of nitrogens with zero attached hydrogens (tertiary/aromatic N) is 3. The third-order valence-electron chi connectivity index (χ3n) is 6.48. The van der Waals surface area contributed by atoms with Gasteiger partial charge >= 0.3 is 0 Å². The number of morpholine rings is 1. The Bertz CT molecular complexity index is 1170. The lowest BCUT2D eigenvalue weighted by molar-refractivity contribution is 0.0319. The zero-order valence-electron chi connectivity index (χ0n) is 21.6. The van der Waals surface area contributed by atoms with E-state index in [0.717, 1.165) is 54.9 Å². The summed E-state index contributed by atoms with van der Waals surface area (Å²) in [5, 5.41) is 2.91. The molecule has 1 fully saturated rings. The zero-order chi connectivity index (χ0) is 25.5. The second kappa shape index (κ2) is 12.3. The Hall–Kier alpha value is -2.94. The molecule has 0 unspecified atom stereocenters. The van der Waals surface area contributed by atoms with Crippen molar-refractivity contribution in [3.8, 4) is 11.5 Å². The Kier molecular flexibility index (Phi) is 8.96. The predicted molar refractivity (Wildman–Crippen MR) is 142 cm³/mol. The first-order chi connectivity index (χ1) is 17.4. The van der Waals surface area contributed by atoms with Gasteiger partial charge in [0.05, 0.1) is 38.1 Å². The minimum Gasteiger partial charge on any atom is -0.496 e. The van der Waals surface area contributed by atoms with Crippen LogP contribution in [0, 0.1) is 20.8 Å². The Morgan fingerprint density at radius 3 is 2.69 bits per heavy atom. The molecule has 8 heteroatoms. The second-order valence-corrected chi connectivity index (χ2v) is 10.0. The van der Waals surface area contributed by atoms with Crippen LogP contribution >= 0.6 is 11.3 Å². The molecule has 7 nitrogen and oxygen atoms in total. The van der Waals surface area contributed by atoms with Crippen molar-refractivity contribution >= 4 is 17.2 Å². The number of aryl methyl sites for hydroxylation is 2. The van der Waals surface area contributed by atoms with Crippen LogP contribution in [-0.2, 0) is 17.9 Å². The van der Waals surface area contributed by atoms with Crippen molar-refractivity contribution in [1.29, 1.82) is 0 Å². The molecule has 36 heavy (non-hydrogen) atoms. The standard InChI is InChI=1S/C28H35N3O4S/c1-20-15-21(2)22(3)26(16-20)35-18-27-29-23(19-36-27)17-31(10-9-30-11-13-34-14-12-30)28(32)24-7-5-6-8-25(24)33-4/h5-8,15-16,19H,9-14,17-18H2,1-4H3. The number of benzene rings is 2. The van der Waals surface area contributed by atoms with E-state index in [-0.39, 0.29) is 5.91 Å². The van der Waals surface area contributed by atoms with Gasteiger partial charge in [-0.1, -0.05) is 18.2 Å². The first kappa shape index (κ1) is 26.1. The second-order valence-electron chi connectivity index (χ2n) is 9.11. The summed E-state index contributed by atoms with van der Waals surface area (Å²) in [4.78, 5) is 22.6. The van der Waals surface area contributed by atoms with E-state index in [2.05, 4.69) is 37.8 Å². The highest BCUT2D eigenvalue weighted by Crippen LogP contribution is 2.25. The van der Waals surface area contributed by atoms with Gasteiger partial charge in [-0.15, -0.1) is 11.3 Å². The minimum atomic E-state index is -0.0580. The molecule has 1 aliphatic heterocycles. The SMILES string of the molecule is COc1ccccc1C(=O)N(CCN1CCOCC1)Cc1csc(COc2cc(C)cc(C)c2C)n1. The van der Waals surface area contributed by atoms with Crippen LogP contribution in [0.25, 0.3) is 0 Å². The van der Waals surface area contributed by atoms with E-state index in [9.17, 15) is 4.79 Å². The first-order valence-electron chi connectivity index (χ1n) is 12.3. The lowest BCUT2D eigenvalue weighted by Gasteiger charge is -2.30. The summed E-state index contributed by atoms with van der Waals surface area (Å²) in [7, 11) is 1.59. The van der Waals surface area contributed by atoms with Crippen molar-refractivity contribution in [3.05, 3.63) is 74.7 Å². The van der Waals surface area contributed by atoms with Crippen LogP contribution < -0.4 is 9.47 Å². The molecule has 1 amide bonds. The highest BCUT2D eigenvalue weighted by atomic mass is 32.1. The molecule has 0 spiro atoms. The molecule has 1 aliphatic rings. The molecular weight excluding hydrogens is 474 g/mol. The van der Waals surface area contributed by atoms with Gasteiger partial charge in [0.2, 0.25) is 0 Å². The molecule has 0 saturated carbocycles. The molecule has 1 saturated heterocycles. The Morgan fingerprint density at radius 2 is 1.92 bits per heavy atom. The van der Waals surface area contributed by atoms with E-state index in [4.69, 9.17) is 19.2 Å². The molecule has 192 valence electrons. The van der Waals surface area contributed by atoms with Gasteiger partial charge in [0.25, 0.3) is 5.91 Å². The molecule has 4 rings (SSSR count). The number of thiazole rings is 1. The number of hydrogen-bond donors (Lipinski definition) is 0. The monoisotopic (exact) mass is 509 g/mol. The topological polar surface area (TPSA) is 64.1 Å². The Balaban J connectivity index is 1.46. The molecule has 0 bridgehead atoms. The van der Waals surface area contributed by atoms with Gasteiger partial charge in [-0.3, -0.25) is 9.69 Å². The highest BCUT2D eigenvalue weighted by Gasteiger charge is 2.22. The smallest absolute Gasteiger partial charge is 0.258 e. The van der Waals surface area contributed by atoms with E-state index < -0.39 is 0 Å². The summed E-state index contributed by atoms with van der Waals surface area (Å²) < 4.78 is 17.0. The number of amides is 1. The van der Waals surface area contributed by atoms with E-state index in [1.165, 1.54) is 11.1 Å². The van der Waals surface area contributed by atoms with Crippen molar-refractivity contribution in [1.82, 2.24) is 14.8 Å². The van der Waals surface area contributed by atoms with Gasteiger partial charge in [0.1, 0.15) is 23.1 Å². The van der Waals surface area contributed by atoms with E-state index in [1.807, 2.05) is 34.5 Å². The van der Waals surface area contributed by atoms with Gasteiger partial charge in [-0.25, -0.2) is 4.98 Å². The average Bonchev–Trinajstić information content (AvgIpc) is 3.35. The van der Waals surface area contributed by atoms with Crippen molar-refractivity contribution in [3.63, 3.8) is 0 Å². The van der Waals surface area contributed by atoms with Crippen LogP contribution in [-0.4, -0.2) is 67.2 Å². The largest absolute Gasteiger partial charge is 0.496 e. The maximum absolute atomic E-state index is 13.6. The van der Waals surface area contributed by atoms with Crippen LogP contribution in [0.1, 0.15) is 37.7 Å². The summed E-state index contributed by atoms with van der Waals surface area (Å²) in [6, 6.07) is 11.6. The fourth-order valence-corrected chi connectivity index (χ4v) is 5.00. The number of carbonyl (C=O) groups excluding carboxylic acids is 1. The number of aromatic nitrogens is 1. The molecule has 3 aromatic rings. The van der Waals surface area contributed by atoms with Crippen LogP contribution in [0.3, 0.4) is 0 Å². The van der Waals surface area contributed by atoms with Crippen LogP contribution in [0.5, 0.6) is 11.5 Å². The molecule has 0 radical (unpaired) electrons. The van der Waals surface area contributed by atoms with E-state index in [0.29, 0.717) is 31.0 Å². The summed E-state index contributed by atoms with van der Waals surface area (Å²) in [5.74, 6) is 1.41. The van der Waals surface area contributed by atoms with Gasteiger partial charge in [0, 0.05) is 31.6 Å². The molecule has 0 atom stereocenters. The molecule has 0 aliphatic carbocycles. The molecule has 2 heterocycles. The fourth-order valence-electron chi connectivity index (χ4n) is 4.30. The van der Waals surface area contributed by atoms with Crippen molar-refractivity contribution < 1.29 is 19.0 Å². The summed E-state index contributed by atoms with van der Waals surface area (Å²) in [6.45, 7) is 11.7. The molecular formula is C28H35N3O4S. The van der Waals surface area contributed by atoms with Crippen molar-refractivity contribution in [2.75, 3.05) is 46.5 Å². The predicted octanol–water partition coefficient (Wildman–Crippen LogP) is 4.63. The number of ether oxygens (including phenoxy) is 3. The minimum absolute atomic E-state index is 0.0580. The number of rotatable bonds is 10. The quantitative estimate of drug-likeness (QED) is 0.397. The van der Waals surface area contributed by atoms with Crippen LogP contribution in [0.4, 0.5) is 0 Å². The van der Waals surface area contributed by atoms with E-state index in [1.54, 1.807) is 18.4 Å². The average molecular weight is 510 g/mol. The lowest BCUT2D eigenvalue weighted by atomic mass is 10.1. The zero-order valence-corrected chi connectivity index (χ0v) is 22.4. The summed E-state index contributed by atoms with van der Waals surface area (Å²) >= 11 is 1.56. The third-order valence-corrected chi connectivity index (χ3v) is 7.35. The normalized spacial score (nSPS) is 14.0. The number of carbonyl (C=O) groups is 1. The summed E-state index contributed by atoms with van der Waals surface area (Å²) in [6.07, 6.45) is 0. The Morgan fingerprint density at radius 1 is 1.14 bits per heavy atom. The van der Waals surface area contributed by atoms with Gasteiger partial charge in [-0.2, -0.15) is 0 Å². The van der Waals surface area contributed by atoms with Gasteiger partial charge < -0.3 is 19.1 Å². The van der Waals surface area contributed by atoms with Crippen molar-refractivity contribution in [2.24, 2.45) is 0 Å². The first-order valence-corrected chi connectivity index (χ1v) is 13.2. The van der Waals surface area contributed by atoms with Gasteiger partial charge in [-0.05, 0) is 55.7 Å². The Labute approximate surface area is 217 Å². The maximum Gasteiger partial charge on any atom is 0.258 e. The number of hydrogen-bond acceptors (Lipinski definition) is 7. The summed E-state index contributed by atoms with van der Waals surface area (Å²) in [5.41, 5.74) is 4.97. The maximum atomic E-state index is 13.6. The molecule has 1 aromatic heterocycles. The number of methoxy groups -OCH3 is 1. The van der Waals surface area contributed by atoms with Gasteiger partial charge in [0.15, 0.2) is 0 Å². The van der Waals surface area contributed by atoms with Crippen molar-refractivity contribution in [2.45, 2.75) is 33.9 Å². The van der Waals surface area contributed by atoms with E-state index >= 15 is 0 Å². The fraction of sp³-hybridized carbons (Fsp3) is 0.429. The molecule has 0 N–H and O–H groups in total. The lowest BCUT2D eigenvalue weighted by Crippen LogP contribution is -2.43. The third kappa shape index (κ3) is 6.63. The number of para-hydroxylation sites is 1. The highest BCUT2D eigenvalue weighted by molar-refractivity contribution is 7.09.